The molecule has 0 saturated carbocycles. The molecule has 2 fully saturated rings. The van der Waals surface area contributed by atoms with Gasteiger partial charge in [-0.15, -0.1) is 0 Å². The van der Waals surface area contributed by atoms with E-state index in [0.29, 0.717) is 24.1 Å². The number of nitro benzene ring substituents is 1. The molecule has 27 heavy (non-hydrogen) atoms. The zero-order valence-electron chi connectivity index (χ0n) is 16.4. The Kier molecular flexibility index (Phi) is 5.27. The minimum atomic E-state index is -0.624. The van der Waals surface area contributed by atoms with Gasteiger partial charge >= 0.3 is 5.97 Å². The Labute approximate surface area is 159 Å². The first-order valence-corrected chi connectivity index (χ1v) is 9.45. The van der Waals surface area contributed by atoms with Crippen molar-refractivity contribution in [2.24, 2.45) is 11.3 Å². The minimum absolute atomic E-state index is 0.0594. The third-order valence-corrected chi connectivity index (χ3v) is 6.17. The van der Waals surface area contributed by atoms with Gasteiger partial charge in [0, 0.05) is 35.2 Å². The fourth-order valence-corrected chi connectivity index (χ4v) is 4.70. The molecule has 2 heterocycles. The number of carbonyl (C=O) groups is 1. The van der Waals surface area contributed by atoms with E-state index in [1.807, 2.05) is 0 Å². The molecule has 0 radical (unpaired) electrons. The van der Waals surface area contributed by atoms with E-state index in [2.05, 4.69) is 32.6 Å². The molecular formula is C20H28N2O5. The summed E-state index contributed by atoms with van der Waals surface area (Å²) in [6, 6.07) is 6.57. The van der Waals surface area contributed by atoms with Gasteiger partial charge in [-0.3, -0.25) is 19.9 Å². The molecule has 0 aliphatic carbocycles. The maximum atomic E-state index is 12.0. The first-order chi connectivity index (χ1) is 12.6. The maximum Gasteiger partial charge on any atom is 0.346 e. The van der Waals surface area contributed by atoms with Crippen molar-refractivity contribution in [1.82, 2.24) is 4.90 Å². The molecule has 3 atom stereocenters. The highest BCUT2D eigenvalue weighted by atomic mass is 17.2. The second kappa shape index (κ2) is 7.20. The molecule has 7 heteroatoms. The summed E-state index contributed by atoms with van der Waals surface area (Å²) in [6.45, 7) is 10.2. The lowest BCUT2D eigenvalue weighted by molar-refractivity contribution is -0.385. The molecule has 1 aromatic rings. The average molecular weight is 376 g/mol. The topological polar surface area (TPSA) is 81.9 Å². The quantitative estimate of drug-likeness (QED) is 0.429. The monoisotopic (exact) mass is 376 g/mol. The van der Waals surface area contributed by atoms with Crippen LogP contribution in [0.1, 0.15) is 46.1 Å². The number of nitro groups is 1. The van der Waals surface area contributed by atoms with E-state index in [1.165, 1.54) is 18.9 Å². The van der Waals surface area contributed by atoms with E-state index in [9.17, 15) is 14.9 Å². The summed E-state index contributed by atoms with van der Waals surface area (Å²) in [5.74, 6) is -0.0517. The lowest BCUT2D eigenvalue weighted by Crippen LogP contribution is -2.74. The molecule has 0 amide bonds. The number of rotatable bonds is 6. The number of nitrogens with zero attached hydrogens (tertiary/aromatic N) is 2. The first-order valence-electron chi connectivity index (χ1n) is 9.45. The number of para-hydroxylation sites is 1. The van der Waals surface area contributed by atoms with Crippen LogP contribution in [0.4, 0.5) is 5.69 Å². The molecule has 3 rings (SSSR count). The number of hydrogen-bond donors (Lipinski definition) is 0. The molecule has 148 valence electrons. The van der Waals surface area contributed by atoms with Gasteiger partial charge in [0.15, 0.2) is 0 Å². The standard InChI is InChI=1S/C20H28N2O5/c1-14-9-10-19(2,3)21-12-20(4,18(14)21)13-26-27-17(23)11-15-7-5-6-8-16(15)22(24)25/h5-8,14,18H,9-13H2,1-4H3. The highest BCUT2D eigenvalue weighted by Crippen LogP contribution is 2.51. The fourth-order valence-electron chi connectivity index (χ4n) is 4.70. The van der Waals surface area contributed by atoms with Crippen LogP contribution < -0.4 is 0 Å². The van der Waals surface area contributed by atoms with Crippen LogP contribution in [0.3, 0.4) is 0 Å². The normalized spacial score (nSPS) is 29.5. The van der Waals surface area contributed by atoms with E-state index in [-0.39, 0.29) is 23.1 Å². The Hall–Kier alpha value is -1.99. The molecule has 2 aliphatic heterocycles. The van der Waals surface area contributed by atoms with Crippen LogP contribution in [0.25, 0.3) is 0 Å². The summed E-state index contributed by atoms with van der Waals surface area (Å²) in [7, 11) is 0. The summed E-state index contributed by atoms with van der Waals surface area (Å²) in [6.07, 6.45) is 2.18. The molecule has 2 saturated heterocycles. The van der Waals surface area contributed by atoms with Gasteiger partial charge in [-0.2, -0.15) is 4.89 Å². The van der Waals surface area contributed by atoms with Crippen LogP contribution in [0.2, 0.25) is 0 Å². The molecule has 7 nitrogen and oxygen atoms in total. The molecular weight excluding hydrogens is 348 g/mol. The van der Waals surface area contributed by atoms with Crippen LogP contribution in [0.5, 0.6) is 0 Å². The molecule has 3 unspecified atom stereocenters. The Morgan fingerprint density at radius 3 is 2.74 bits per heavy atom. The minimum Gasteiger partial charge on any atom is -0.298 e. The summed E-state index contributed by atoms with van der Waals surface area (Å²) >= 11 is 0. The number of piperidine rings is 1. The van der Waals surface area contributed by atoms with E-state index < -0.39 is 10.9 Å². The van der Waals surface area contributed by atoms with Crippen LogP contribution >= 0.6 is 0 Å². The van der Waals surface area contributed by atoms with Crippen molar-refractivity contribution < 1.29 is 19.5 Å². The predicted octanol–water partition coefficient (Wildman–Crippen LogP) is 3.51. The highest BCUT2D eigenvalue weighted by molar-refractivity contribution is 5.73. The number of hydrogen-bond acceptors (Lipinski definition) is 6. The third kappa shape index (κ3) is 3.84. The van der Waals surface area contributed by atoms with E-state index in [4.69, 9.17) is 9.78 Å². The van der Waals surface area contributed by atoms with Gasteiger partial charge in [0.05, 0.1) is 11.3 Å². The van der Waals surface area contributed by atoms with Gasteiger partial charge in [-0.05, 0) is 32.6 Å². The number of benzene rings is 1. The lowest BCUT2D eigenvalue weighted by atomic mass is 9.62. The van der Waals surface area contributed by atoms with Gasteiger partial charge in [-0.1, -0.05) is 32.0 Å². The summed E-state index contributed by atoms with van der Waals surface area (Å²) in [5, 5.41) is 11.0. The number of fused-ring (bicyclic) bond motifs is 1. The maximum absolute atomic E-state index is 12.0. The van der Waals surface area contributed by atoms with E-state index in [0.717, 1.165) is 6.54 Å². The van der Waals surface area contributed by atoms with Gasteiger partial charge in [0.2, 0.25) is 0 Å². The zero-order valence-corrected chi connectivity index (χ0v) is 16.4. The molecule has 1 aromatic carbocycles. The van der Waals surface area contributed by atoms with Crippen molar-refractivity contribution in [2.75, 3.05) is 13.2 Å². The van der Waals surface area contributed by atoms with Crippen molar-refractivity contribution >= 4 is 11.7 Å². The molecule has 2 aliphatic rings. The smallest absolute Gasteiger partial charge is 0.298 e. The van der Waals surface area contributed by atoms with Crippen LogP contribution in [0, 0.1) is 21.4 Å². The van der Waals surface area contributed by atoms with Crippen molar-refractivity contribution in [2.45, 2.75) is 58.5 Å². The second-order valence-electron chi connectivity index (χ2n) is 8.84. The Balaban J connectivity index is 1.53. The zero-order chi connectivity index (χ0) is 19.8. The van der Waals surface area contributed by atoms with Gasteiger partial charge in [0.25, 0.3) is 5.69 Å². The van der Waals surface area contributed by atoms with E-state index >= 15 is 0 Å². The van der Waals surface area contributed by atoms with Gasteiger partial charge in [0.1, 0.15) is 6.61 Å². The third-order valence-electron chi connectivity index (χ3n) is 6.17. The second-order valence-corrected chi connectivity index (χ2v) is 8.84. The molecule has 0 bridgehead atoms. The first kappa shape index (κ1) is 19.8. The summed E-state index contributed by atoms with van der Waals surface area (Å²) in [5.41, 5.74) is 0.365. The molecule has 0 spiro atoms. The highest BCUT2D eigenvalue weighted by Gasteiger charge is 2.58. The number of carbonyl (C=O) groups excluding carboxylic acids is 1. The molecule has 0 aromatic heterocycles. The van der Waals surface area contributed by atoms with Gasteiger partial charge < -0.3 is 0 Å². The van der Waals surface area contributed by atoms with Crippen LogP contribution in [-0.4, -0.2) is 40.5 Å². The van der Waals surface area contributed by atoms with Crippen LogP contribution in [-0.2, 0) is 21.0 Å². The SMILES string of the molecule is CC1CCC(C)(C)N2CC(C)(COOC(=O)Cc3ccccc3[N+](=O)[O-])C12. The van der Waals surface area contributed by atoms with Crippen molar-refractivity contribution in [3.05, 3.63) is 39.9 Å². The van der Waals surface area contributed by atoms with Crippen molar-refractivity contribution in [3.8, 4) is 0 Å². The Morgan fingerprint density at radius 1 is 1.33 bits per heavy atom. The van der Waals surface area contributed by atoms with E-state index in [1.54, 1.807) is 18.2 Å². The average Bonchev–Trinajstić information content (AvgIpc) is 2.57. The lowest BCUT2D eigenvalue weighted by Gasteiger charge is -2.66. The van der Waals surface area contributed by atoms with Crippen LogP contribution in [0.15, 0.2) is 24.3 Å². The van der Waals surface area contributed by atoms with Gasteiger partial charge in [-0.25, -0.2) is 4.79 Å². The summed E-state index contributed by atoms with van der Waals surface area (Å²) in [4.78, 5) is 35.3. The Bertz CT molecular complexity index is 735. The predicted molar refractivity (Wildman–Crippen MR) is 99.9 cm³/mol. The van der Waals surface area contributed by atoms with Crippen molar-refractivity contribution in [3.63, 3.8) is 0 Å². The Morgan fingerprint density at radius 2 is 2.04 bits per heavy atom. The largest absolute Gasteiger partial charge is 0.346 e. The van der Waals surface area contributed by atoms with Crippen molar-refractivity contribution in [1.29, 1.82) is 0 Å². The molecule has 0 N–H and O–H groups in total. The summed E-state index contributed by atoms with van der Waals surface area (Å²) < 4.78 is 0. The fraction of sp³-hybridized carbons (Fsp3) is 0.650.